The van der Waals surface area contributed by atoms with Gasteiger partial charge in [-0.3, -0.25) is 4.99 Å². The molecule has 1 heterocycles. The van der Waals surface area contributed by atoms with Crippen LogP contribution in [0.25, 0.3) is 0 Å². The summed E-state index contributed by atoms with van der Waals surface area (Å²) < 4.78 is 43.8. The zero-order chi connectivity index (χ0) is 18.3. The molecule has 0 aromatic heterocycles. The van der Waals surface area contributed by atoms with E-state index < -0.39 is 15.7 Å². The first-order valence-corrected chi connectivity index (χ1v) is 10.2. The molecule has 0 amide bonds. The summed E-state index contributed by atoms with van der Waals surface area (Å²) in [6.07, 6.45) is 2.12. The summed E-state index contributed by atoms with van der Waals surface area (Å²) in [6, 6.07) is 5.44. The van der Waals surface area contributed by atoms with Crippen LogP contribution in [-0.4, -0.2) is 64.4 Å². The van der Waals surface area contributed by atoms with Crippen LogP contribution < -0.4 is 5.32 Å². The van der Waals surface area contributed by atoms with Crippen molar-refractivity contribution in [3.05, 3.63) is 30.1 Å². The molecule has 1 saturated heterocycles. The van der Waals surface area contributed by atoms with Gasteiger partial charge < -0.3 is 15.0 Å². The predicted molar refractivity (Wildman–Crippen MR) is 96.0 cm³/mol. The van der Waals surface area contributed by atoms with E-state index in [1.54, 1.807) is 7.05 Å². The lowest BCUT2D eigenvalue weighted by Gasteiger charge is -2.34. The van der Waals surface area contributed by atoms with Crippen molar-refractivity contribution >= 4 is 15.8 Å². The van der Waals surface area contributed by atoms with E-state index in [1.165, 1.54) is 18.2 Å². The molecule has 1 aliphatic rings. The number of likely N-dealkylation sites (tertiary alicyclic amines) is 1. The fraction of sp³-hybridized carbons (Fsp3) is 0.588. The molecule has 0 atom stereocenters. The molecule has 0 unspecified atom stereocenters. The normalized spacial score (nSPS) is 16.9. The van der Waals surface area contributed by atoms with Crippen molar-refractivity contribution in [1.82, 2.24) is 10.2 Å². The van der Waals surface area contributed by atoms with Crippen LogP contribution in [0.5, 0.6) is 0 Å². The SMILES string of the molecule is CCOC1CCN(C(=NC)NCCS(=O)(=O)c2ccccc2F)CC1. The van der Waals surface area contributed by atoms with Crippen LogP contribution in [0, 0.1) is 5.82 Å². The minimum atomic E-state index is -3.67. The second-order valence-electron chi connectivity index (χ2n) is 5.87. The third-order valence-electron chi connectivity index (χ3n) is 4.18. The third kappa shape index (κ3) is 5.40. The highest BCUT2D eigenvalue weighted by Crippen LogP contribution is 2.15. The molecule has 1 aliphatic heterocycles. The van der Waals surface area contributed by atoms with Crippen molar-refractivity contribution in [2.24, 2.45) is 4.99 Å². The van der Waals surface area contributed by atoms with Crippen LogP contribution in [0.3, 0.4) is 0 Å². The van der Waals surface area contributed by atoms with Crippen LogP contribution in [0.1, 0.15) is 19.8 Å². The maximum Gasteiger partial charge on any atom is 0.193 e. The van der Waals surface area contributed by atoms with Gasteiger partial charge in [0.05, 0.1) is 11.9 Å². The quantitative estimate of drug-likeness (QED) is 0.608. The molecule has 8 heteroatoms. The van der Waals surface area contributed by atoms with Crippen molar-refractivity contribution in [3.8, 4) is 0 Å². The Labute approximate surface area is 149 Å². The first kappa shape index (κ1) is 19.7. The summed E-state index contributed by atoms with van der Waals surface area (Å²) in [6.45, 7) is 4.50. The average molecular weight is 371 g/mol. The maximum absolute atomic E-state index is 13.7. The minimum absolute atomic E-state index is 0.175. The molecule has 140 valence electrons. The van der Waals surface area contributed by atoms with E-state index >= 15 is 0 Å². The Kier molecular flexibility index (Phi) is 7.19. The first-order chi connectivity index (χ1) is 12.0. The van der Waals surface area contributed by atoms with Gasteiger partial charge in [0.15, 0.2) is 15.8 Å². The molecule has 1 aromatic rings. The molecule has 1 aromatic carbocycles. The molecule has 0 spiro atoms. The van der Waals surface area contributed by atoms with Crippen molar-refractivity contribution < 1.29 is 17.5 Å². The Morgan fingerprint density at radius 1 is 1.36 bits per heavy atom. The highest BCUT2D eigenvalue weighted by Gasteiger charge is 2.22. The molecule has 1 fully saturated rings. The van der Waals surface area contributed by atoms with Gasteiger partial charge in [0.1, 0.15) is 10.7 Å². The molecule has 25 heavy (non-hydrogen) atoms. The lowest BCUT2D eigenvalue weighted by molar-refractivity contribution is 0.0264. The zero-order valence-corrected chi connectivity index (χ0v) is 15.6. The van der Waals surface area contributed by atoms with Gasteiger partial charge in [-0.2, -0.15) is 0 Å². The van der Waals surface area contributed by atoms with E-state index in [0.717, 1.165) is 32.0 Å². The summed E-state index contributed by atoms with van der Waals surface area (Å²) >= 11 is 0. The van der Waals surface area contributed by atoms with Crippen LogP contribution in [0.4, 0.5) is 4.39 Å². The van der Waals surface area contributed by atoms with Crippen LogP contribution in [-0.2, 0) is 14.6 Å². The van der Waals surface area contributed by atoms with E-state index in [-0.39, 0.29) is 23.3 Å². The minimum Gasteiger partial charge on any atom is -0.378 e. The van der Waals surface area contributed by atoms with Gasteiger partial charge in [0.25, 0.3) is 0 Å². The van der Waals surface area contributed by atoms with Gasteiger partial charge in [-0.25, -0.2) is 12.8 Å². The predicted octanol–water partition coefficient (Wildman–Crippen LogP) is 1.68. The topological polar surface area (TPSA) is 71.0 Å². The van der Waals surface area contributed by atoms with Gasteiger partial charge in [0, 0.05) is 33.3 Å². The van der Waals surface area contributed by atoms with Crippen LogP contribution in [0.15, 0.2) is 34.2 Å². The monoisotopic (exact) mass is 371 g/mol. The Hall–Kier alpha value is -1.67. The van der Waals surface area contributed by atoms with Crippen LogP contribution in [0.2, 0.25) is 0 Å². The number of ether oxygens (including phenoxy) is 1. The van der Waals surface area contributed by atoms with Crippen LogP contribution >= 0.6 is 0 Å². The Morgan fingerprint density at radius 2 is 2.04 bits per heavy atom. The van der Waals surface area contributed by atoms with E-state index in [0.29, 0.717) is 12.6 Å². The summed E-state index contributed by atoms with van der Waals surface area (Å²) in [4.78, 5) is 6.04. The highest BCUT2D eigenvalue weighted by atomic mass is 32.2. The molecular weight excluding hydrogens is 345 g/mol. The molecule has 0 bridgehead atoms. The molecule has 1 N–H and O–H groups in total. The summed E-state index contributed by atoms with van der Waals surface area (Å²) in [5.41, 5.74) is 0. The van der Waals surface area contributed by atoms with E-state index in [2.05, 4.69) is 15.2 Å². The number of hydrogen-bond acceptors (Lipinski definition) is 4. The smallest absolute Gasteiger partial charge is 0.193 e. The number of sulfone groups is 1. The third-order valence-corrected chi connectivity index (χ3v) is 5.92. The number of nitrogens with zero attached hydrogens (tertiary/aromatic N) is 2. The van der Waals surface area contributed by atoms with E-state index in [1.807, 2.05) is 6.92 Å². The molecule has 2 rings (SSSR count). The average Bonchev–Trinajstić information content (AvgIpc) is 2.60. The lowest BCUT2D eigenvalue weighted by atomic mass is 10.1. The molecule has 0 radical (unpaired) electrons. The van der Waals surface area contributed by atoms with Crippen molar-refractivity contribution in [1.29, 1.82) is 0 Å². The second-order valence-corrected chi connectivity index (χ2v) is 7.94. The highest BCUT2D eigenvalue weighted by molar-refractivity contribution is 7.91. The van der Waals surface area contributed by atoms with Crippen molar-refractivity contribution in [2.45, 2.75) is 30.8 Å². The number of halogens is 1. The molecule has 6 nitrogen and oxygen atoms in total. The molecule has 0 aliphatic carbocycles. The standard InChI is InChI=1S/C17H26FN3O3S/c1-3-24-14-8-11-21(12-9-14)17(19-2)20-10-13-25(22,23)16-7-5-4-6-15(16)18/h4-7,14H,3,8-13H2,1-2H3,(H,19,20). The number of aliphatic imine (C=N–C) groups is 1. The van der Waals surface area contributed by atoms with Gasteiger partial charge >= 0.3 is 0 Å². The number of rotatable bonds is 6. The van der Waals surface area contributed by atoms with Crippen molar-refractivity contribution in [3.63, 3.8) is 0 Å². The Balaban J connectivity index is 1.87. The van der Waals surface area contributed by atoms with Gasteiger partial charge in [-0.05, 0) is 31.9 Å². The number of piperidine rings is 1. The number of benzene rings is 1. The van der Waals surface area contributed by atoms with Gasteiger partial charge in [0.2, 0.25) is 0 Å². The summed E-state index contributed by atoms with van der Waals surface area (Å²) in [7, 11) is -2.00. The second kappa shape index (κ2) is 9.15. The number of hydrogen-bond donors (Lipinski definition) is 1. The fourth-order valence-corrected chi connectivity index (χ4v) is 4.15. The Morgan fingerprint density at radius 3 is 2.64 bits per heavy atom. The molecular formula is C17H26FN3O3S. The summed E-state index contributed by atoms with van der Waals surface area (Å²) in [5, 5.41) is 3.06. The first-order valence-electron chi connectivity index (χ1n) is 8.52. The zero-order valence-electron chi connectivity index (χ0n) is 14.7. The summed E-state index contributed by atoms with van der Waals surface area (Å²) in [5.74, 6) is -0.244. The largest absolute Gasteiger partial charge is 0.378 e. The van der Waals surface area contributed by atoms with E-state index in [4.69, 9.17) is 4.74 Å². The number of guanidine groups is 1. The van der Waals surface area contributed by atoms with Crippen molar-refractivity contribution in [2.75, 3.05) is 39.0 Å². The fourth-order valence-electron chi connectivity index (χ4n) is 2.91. The van der Waals surface area contributed by atoms with Gasteiger partial charge in [-0.1, -0.05) is 12.1 Å². The maximum atomic E-state index is 13.7. The number of nitrogens with one attached hydrogen (secondary N) is 1. The van der Waals surface area contributed by atoms with E-state index in [9.17, 15) is 12.8 Å². The Bertz CT molecular complexity index is 686. The molecule has 0 saturated carbocycles. The lowest BCUT2D eigenvalue weighted by Crippen LogP contribution is -2.47. The van der Waals surface area contributed by atoms with Gasteiger partial charge in [-0.15, -0.1) is 0 Å².